The quantitative estimate of drug-likeness (QED) is 0.831. The highest BCUT2D eigenvalue weighted by atomic mass is 16.5. The lowest BCUT2D eigenvalue weighted by molar-refractivity contribution is 0.0944. The highest BCUT2D eigenvalue weighted by Crippen LogP contribution is 2.18. The van der Waals surface area contributed by atoms with Crippen molar-refractivity contribution in [2.75, 3.05) is 13.2 Å². The van der Waals surface area contributed by atoms with Crippen molar-refractivity contribution in [3.05, 3.63) is 59.2 Å². The smallest absolute Gasteiger partial charge is 0.255 e. The summed E-state index contributed by atoms with van der Waals surface area (Å²) in [6, 6.07) is 12.7. The van der Waals surface area contributed by atoms with Crippen molar-refractivity contribution in [2.24, 2.45) is 0 Å². The van der Waals surface area contributed by atoms with Crippen LogP contribution in [0.15, 0.2) is 42.5 Å². The number of nitrogens with one attached hydrogen (secondary N) is 1. The Morgan fingerprint density at radius 3 is 2.43 bits per heavy atom. The van der Waals surface area contributed by atoms with Gasteiger partial charge in [-0.3, -0.25) is 4.79 Å². The molecule has 0 radical (unpaired) electrons. The normalized spacial score (nSPS) is 10.2. The van der Waals surface area contributed by atoms with Gasteiger partial charge in [0.2, 0.25) is 0 Å². The molecule has 0 saturated carbocycles. The van der Waals surface area contributed by atoms with Gasteiger partial charge in [-0.2, -0.15) is 0 Å². The average Bonchev–Trinajstić information content (AvgIpc) is 2.45. The van der Waals surface area contributed by atoms with Crippen molar-refractivity contribution in [2.45, 2.75) is 13.8 Å². The fourth-order valence-electron chi connectivity index (χ4n) is 1.90. The SMILES string of the molecule is Cc1ccc(OCCNC(=O)c2ccc(C)cc2O)cc1. The first-order valence-electron chi connectivity index (χ1n) is 6.83. The van der Waals surface area contributed by atoms with Crippen LogP contribution in [0.4, 0.5) is 0 Å². The van der Waals surface area contributed by atoms with Gasteiger partial charge in [-0.1, -0.05) is 23.8 Å². The monoisotopic (exact) mass is 285 g/mol. The number of hydrogen-bond acceptors (Lipinski definition) is 3. The number of hydrogen-bond donors (Lipinski definition) is 2. The molecule has 0 aliphatic carbocycles. The van der Waals surface area contributed by atoms with Crippen molar-refractivity contribution < 1.29 is 14.6 Å². The summed E-state index contributed by atoms with van der Waals surface area (Å²) in [5, 5.41) is 12.4. The van der Waals surface area contributed by atoms with E-state index in [1.807, 2.05) is 38.1 Å². The first kappa shape index (κ1) is 14.9. The van der Waals surface area contributed by atoms with Gasteiger partial charge in [0, 0.05) is 0 Å². The molecule has 2 N–H and O–H groups in total. The number of phenols is 1. The highest BCUT2D eigenvalue weighted by molar-refractivity contribution is 5.96. The van der Waals surface area contributed by atoms with Crippen LogP contribution < -0.4 is 10.1 Å². The summed E-state index contributed by atoms with van der Waals surface area (Å²) < 4.78 is 5.52. The van der Waals surface area contributed by atoms with E-state index in [0.717, 1.165) is 11.3 Å². The summed E-state index contributed by atoms with van der Waals surface area (Å²) in [6.45, 7) is 4.62. The Hall–Kier alpha value is -2.49. The van der Waals surface area contributed by atoms with E-state index in [-0.39, 0.29) is 17.2 Å². The van der Waals surface area contributed by atoms with E-state index in [9.17, 15) is 9.90 Å². The average molecular weight is 285 g/mol. The Balaban J connectivity index is 1.80. The summed E-state index contributed by atoms with van der Waals surface area (Å²) in [6.07, 6.45) is 0. The third-order valence-corrected chi connectivity index (χ3v) is 3.08. The zero-order chi connectivity index (χ0) is 15.2. The summed E-state index contributed by atoms with van der Waals surface area (Å²) >= 11 is 0. The molecule has 0 aliphatic heterocycles. The van der Waals surface area contributed by atoms with Crippen LogP contribution in [0.5, 0.6) is 11.5 Å². The fraction of sp³-hybridized carbons (Fsp3) is 0.235. The van der Waals surface area contributed by atoms with Gasteiger partial charge in [0.15, 0.2) is 0 Å². The van der Waals surface area contributed by atoms with Gasteiger partial charge >= 0.3 is 0 Å². The van der Waals surface area contributed by atoms with E-state index in [2.05, 4.69) is 5.32 Å². The lowest BCUT2D eigenvalue weighted by Gasteiger charge is -2.09. The molecule has 0 atom stereocenters. The van der Waals surface area contributed by atoms with E-state index in [1.54, 1.807) is 18.2 Å². The number of amides is 1. The van der Waals surface area contributed by atoms with Gasteiger partial charge in [-0.05, 0) is 43.7 Å². The predicted octanol–water partition coefficient (Wildman–Crippen LogP) is 2.82. The number of rotatable bonds is 5. The Bertz CT molecular complexity index is 620. The maximum absolute atomic E-state index is 11.9. The molecule has 0 heterocycles. The van der Waals surface area contributed by atoms with E-state index in [4.69, 9.17) is 4.74 Å². The second-order valence-electron chi connectivity index (χ2n) is 4.94. The molecule has 0 fully saturated rings. The van der Waals surface area contributed by atoms with Crippen LogP contribution in [0.2, 0.25) is 0 Å². The van der Waals surface area contributed by atoms with E-state index >= 15 is 0 Å². The molecule has 0 spiro atoms. The molecule has 0 bridgehead atoms. The topological polar surface area (TPSA) is 58.6 Å². The second-order valence-corrected chi connectivity index (χ2v) is 4.94. The molecule has 21 heavy (non-hydrogen) atoms. The number of carbonyl (C=O) groups excluding carboxylic acids is 1. The van der Waals surface area contributed by atoms with E-state index < -0.39 is 0 Å². The van der Waals surface area contributed by atoms with Crippen LogP contribution in [-0.4, -0.2) is 24.2 Å². The number of carbonyl (C=O) groups is 1. The van der Waals surface area contributed by atoms with E-state index in [1.165, 1.54) is 5.56 Å². The molecule has 2 rings (SSSR count). The Kier molecular flexibility index (Phi) is 4.82. The zero-order valence-electron chi connectivity index (χ0n) is 12.2. The van der Waals surface area contributed by atoms with Gasteiger partial charge in [0.1, 0.15) is 18.1 Å². The van der Waals surface area contributed by atoms with Crippen LogP contribution in [0.1, 0.15) is 21.5 Å². The van der Waals surface area contributed by atoms with Crippen molar-refractivity contribution >= 4 is 5.91 Å². The Labute approximate surface area is 124 Å². The minimum atomic E-state index is -0.306. The molecule has 0 aliphatic rings. The lowest BCUT2D eigenvalue weighted by atomic mass is 10.1. The number of aromatic hydroxyl groups is 1. The van der Waals surface area contributed by atoms with Crippen molar-refractivity contribution in [3.63, 3.8) is 0 Å². The molecule has 2 aromatic carbocycles. The van der Waals surface area contributed by atoms with Gasteiger partial charge in [-0.25, -0.2) is 0 Å². The van der Waals surface area contributed by atoms with Gasteiger partial charge < -0.3 is 15.2 Å². The molecule has 4 heteroatoms. The Morgan fingerprint density at radius 2 is 1.76 bits per heavy atom. The lowest BCUT2D eigenvalue weighted by Crippen LogP contribution is -2.28. The minimum absolute atomic E-state index is 0.00745. The molecule has 0 aromatic heterocycles. The molecule has 0 saturated heterocycles. The van der Waals surface area contributed by atoms with Gasteiger partial charge in [0.05, 0.1) is 12.1 Å². The van der Waals surface area contributed by atoms with Crippen LogP contribution >= 0.6 is 0 Å². The second kappa shape index (κ2) is 6.79. The number of benzene rings is 2. The van der Waals surface area contributed by atoms with Gasteiger partial charge in [-0.15, -0.1) is 0 Å². The molecule has 0 unspecified atom stereocenters. The standard InChI is InChI=1S/C17H19NO3/c1-12-3-6-14(7-4-12)21-10-9-18-17(20)15-8-5-13(2)11-16(15)19/h3-8,11,19H,9-10H2,1-2H3,(H,18,20). The first-order chi connectivity index (χ1) is 10.1. The zero-order valence-corrected chi connectivity index (χ0v) is 12.2. The number of phenolic OH excluding ortho intramolecular Hbond substituents is 1. The fourth-order valence-corrected chi connectivity index (χ4v) is 1.90. The van der Waals surface area contributed by atoms with Crippen molar-refractivity contribution in [1.82, 2.24) is 5.32 Å². The summed E-state index contributed by atoms with van der Waals surface area (Å²) in [4.78, 5) is 11.9. The Morgan fingerprint density at radius 1 is 1.10 bits per heavy atom. The van der Waals surface area contributed by atoms with Crippen LogP contribution in [0, 0.1) is 13.8 Å². The predicted molar refractivity (Wildman–Crippen MR) is 81.9 cm³/mol. The van der Waals surface area contributed by atoms with Crippen LogP contribution in [-0.2, 0) is 0 Å². The first-order valence-corrected chi connectivity index (χ1v) is 6.83. The molecular weight excluding hydrogens is 266 g/mol. The third kappa shape index (κ3) is 4.24. The molecule has 110 valence electrons. The van der Waals surface area contributed by atoms with E-state index in [0.29, 0.717) is 13.2 Å². The number of aryl methyl sites for hydroxylation is 2. The van der Waals surface area contributed by atoms with Crippen molar-refractivity contribution in [1.29, 1.82) is 0 Å². The third-order valence-electron chi connectivity index (χ3n) is 3.08. The minimum Gasteiger partial charge on any atom is -0.507 e. The maximum Gasteiger partial charge on any atom is 0.255 e. The largest absolute Gasteiger partial charge is 0.507 e. The molecule has 4 nitrogen and oxygen atoms in total. The highest BCUT2D eigenvalue weighted by Gasteiger charge is 2.10. The van der Waals surface area contributed by atoms with Crippen molar-refractivity contribution in [3.8, 4) is 11.5 Å². The van der Waals surface area contributed by atoms with Crippen LogP contribution in [0.25, 0.3) is 0 Å². The molecule has 1 amide bonds. The van der Waals surface area contributed by atoms with Crippen LogP contribution in [0.3, 0.4) is 0 Å². The number of ether oxygens (including phenoxy) is 1. The van der Waals surface area contributed by atoms with Gasteiger partial charge in [0.25, 0.3) is 5.91 Å². The molecule has 2 aromatic rings. The molecular formula is C17H19NO3. The summed E-state index contributed by atoms with van der Waals surface area (Å²) in [7, 11) is 0. The summed E-state index contributed by atoms with van der Waals surface area (Å²) in [5.41, 5.74) is 2.35. The maximum atomic E-state index is 11.9. The summed E-state index contributed by atoms with van der Waals surface area (Å²) in [5.74, 6) is 0.458.